The highest BCUT2D eigenvalue weighted by atomic mass is 14.9. The third kappa shape index (κ3) is 6.02. The van der Waals surface area contributed by atoms with Crippen LogP contribution in [0.25, 0.3) is 11.4 Å². The molecule has 1 aromatic heterocycles. The van der Waals surface area contributed by atoms with Gasteiger partial charge in [-0.25, -0.2) is 0 Å². The van der Waals surface area contributed by atoms with E-state index in [2.05, 4.69) is 15.6 Å². The number of nitrogens with one attached hydrogen (secondary N) is 2. The second-order valence-electron chi connectivity index (χ2n) is 4.11. The van der Waals surface area contributed by atoms with Gasteiger partial charge in [-0.05, 0) is 24.3 Å². The van der Waals surface area contributed by atoms with E-state index in [1.165, 1.54) is 0 Å². The lowest BCUT2D eigenvalue weighted by atomic mass is 10.1. The van der Waals surface area contributed by atoms with Crippen LogP contribution in [0.5, 0.6) is 0 Å². The molecule has 2 aromatic rings. The molecule has 0 unspecified atom stereocenters. The third-order valence-corrected chi connectivity index (χ3v) is 2.95. The summed E-state index contributed by atoms with van der Waals surface area (Å²) in [6, 6.07) is 11.9. The lowest BCUT2D eigenvalue weighted by Gasteiger charge is -2.13. The van der Waals surface area contributed by atoms with Crippen molar-refractivity contribution in [3.63, 3.8) is 0 Å². The number of anilines is 1. The van der Waals surface area contributed by atoms with Crippen molar-refractivity contribution < 1.29 is 0 Å². The second-order valence-corrected chi connectivity index (χ2v) is 4.11. The molecular weight excluding hydrogens is 284 g/mol. The average molecular weight is 314 g/mol. The first kappa shape index (κ1) is 20.5. The molecule has 1 aromatic carbocycles. The van der Waals surface area contributed by atoms with Gasteiger partial charge in [0.05, 0.1) is 11.4 Å². The second kappa shape index (κ2) is 12.1. The molecule has 0 saturated carbocycles. The Morgan fingerprint density at radius 3 is 2.04 bits per heavy atom. The van der Waals surface area contributed by atoms with E-state index in [4.69, 9.17) is 5.73 Å². The maximum Gasteiger partial charge on any atom is 0.0652 e. The summed E-state index contributed by atoms with van der Waals surface area (Å²) in [6.45, 7) is 8.00. The summed E-state index contributed by atoms with van der Waals surface area (Å²) in [5.41, 5.74) is 10.9. The van der Waals surface area contributed by atoms with Crippen molar-refractivity contribution in [1.29, 1.82) is 0 Å². The lowest BCUT2D eigenvalue weighted by Crippen LogP contribution is -2.12. The highest BCUT2D eigenvalue weighted by molar-refractivity contribution is 5.88. The Bertz CT molecular complexity index is 577. The van der Waals surface area contributed by atoms with Gasteiger partial charge in [0.1, 0.15) is 0 Å². The summed E-state index contributed by atoms with van der Waals surface area (Å²) in [5.74, 6) is 0. The van der Waals surface area contributed by atoms with Crippen LogP contribution in [0.2, 0.25) is 0 Å². The summed E-state index contributed by atoms with van der Waals surface area (Å²) in [5, 5.41) is 6.27. The molecule has 23 heavy (non-hydrogen) atoms. The molecule has 2 rings (SSSR count). The highest BCUT2D eigenvalue weighted by Gasteiger charge is 2.07. The Balaban J connectivity index is 0.00000112. The summed E-state index contributed by atoms with van der Waals surface area (Å²) in [6.07, 6.45) is 3.51. The fourth-order valence-corrected chi connectivity index (χ4v) is 1.94. The number of hydrogen-bond acceptors (Lipinski definition) is 4. The molecular formula is C19H30N4. The van der Waals surface area contributed by atoms with Crippen LogP contribution in [0.15, 0.2) is 48.8 Å². The molecule has 0 aliphatic rings. The monoisotopic (exact) mass is 314 g/mol. The Labute approximate surface area is 140 Å². The Morgan fingerprint density at radius 2 is 1.52 bits per heavy atom. The standard InChI is InChI=1S/C15H18N4.2C2H6/c1-17-13-5-3-4-12(10-13)14(16)15(18-2)11-6-8-19-9-7-11;2*1-2/h3-10,17-18H,16H2,1-2H3;2*1-2H3/b15-14-;;. The van der Waals surface area contributed by atoms with E-state index in [9.17, 15) is 0 Å². The van der Waals surface area contributed by atoms with Crippen LogP contribution in [0.3, 0.4) is 0 Å². The number of aromatic nitrogens is 1. The van der Waals surface area contributed by atoms with Gasteiger partial charge in [0, 0.05) is 43.3 Å². The zero-order valence-corrected chi connectivity index (χ0v) is 15.1. The third-order valence-electron chi connectivity index (χ3n) is 2.95. The molecule has 4 nitrogen and oxygen atoms in total. The first-order chi connectivity index (χ1) is 11.3. The van der Waals surface area contributed by atoms with Crippen molar-refractivity contribution in [1.82, 2.24) is 10.3 Å². The molecule has 0 saturated heterocycles. The predicted molar refractivity (Wildman–Crippen MR) is 103 cm³/mol. The van der Waals surface area contributed by atoms with Crippen LogP contribution in [0, 0.1) is 0 Å². The number of nitrogens with two attached hydrogens (primary N) is 1. The van der Waals surface area contributed by atoms with Crippen molar-refractivity contribution in [2.75, 3.05) is 19.4 Å². The van der Waals surface area contributed by atoms with Crippen LogP contribution < -0.4 is 16.4 Å². The summed E-state index contributed by atoms with van der Waals surface area (Å²) >= 11 is 0. The van der Waals surface area contributed by atoms with Crippen LogP contribution in [0.4, 0.5) is 5.69 Å². The first-order valence-corrected chi connectivity index (χ1v) is 8.12. The normalized spacial score (nSPS) is 10.2. The van der Waals surface area contributed by atoms with Gasteiger partial charge in [-0.2, -0.15) is 0 Å². The highest BCUT2D eigenvalue weighted by Crippen LogP contribution is 2.21. The first-order valence-electron chi connectivity index (χ1n) is 8.12. The Kier molecular flexibility index (Phi) is 10.8. The number of nitrogens with zero attached hydrogens (tertiary/aromatic N) is 1. The van der Waals surface area contributed by atoms with E-state index < -0.39 is 0 Å². The van der Waals surface area contributed by atoms with Crippen LogP contribution in [0.1, 0.15) is 38.8 Å². The van der Waals surface area contributed by atoms with Crippen molar-refractivity contribution in [3.05, 3.63) is 59.9 Å². The fourth-order valence-electron chi connectivity index (χ4n) is 1.94. The van der Waals surface area contributed by atoms with Crippen molar-refractivity contribution in [2.45, 2.75) is 27.7 Å². The minimum Gasteiger partial charge on any atom is -0.397 e. The van der Waals surface area contributed by atoms with E-state index in [1.54, 1.807) is 12.4 Å². The van der Waals surface area contributed by atoms with E-state index in [0.717, 1.165) is 22.5 Å². The van der Waals surface area contributed by atoms with Gasteiger partial charge < -0.3 is 16.4 Å². The van der Waals surface area contributed by atoms with Crippen molar-refractivity contribution in [2.24, 2.45) is 5.73 Å². The predicted octanol–water partition coefficient (Wildman–Crippen LogP) is 4.18. The van der Waals surface area contributed by atoms with E-state index >= 15 is 0 Å². The Morgan fingerprint density at radius 1 is 0.913 bits per heavy atom. The molecule has 0 bridgehead atoms. The van der Waals surface area contributed by atoms with Gasteiger partial charge in [-0.1, -0.05) is 39.8 Å². The smallest absolute Gasteiger partial charge is 0.0652 e. The molecule has 0 aliphatic heterocycles. The zero-order valence-electron chi connectivity index (χ0n) is 15.1. The average Bonchev–Trinajstić information content (AvgIpc) is 2.66. The van der Waals surface area contributed by atoms with Gasteiger partial charge in [-0.3, -0.25) is 4.98 Å². The summed E-state index contributed by atoms with van der Waals surface area (Å²) in [7, 11) is 3.76. The zero-order chi connectivity index (χ0) is 17.7. The molecule has 0 fully saturated rings. The SMILES string of the molecule is CC.CC.CN/C(=C(\N)c1cccc(NC)c1)c1ccncc1. The quantitative estimate of drug-likeness (QED) is 0.792. The number of pyridine rings is 1. The number of hydrogen-bond donors (Lipinski definition) is 3. The molecule has 4 N–H and O–H groups in total. The minimum absolute atomic E-state index is 0.714. The van der Waals surface area contributed by atoms with Crippen LogP contribution >= 0.6 is 0 Å². The molecule has 0 radical (unpaired) electrons. The maximum atomic E-state index is 6.27. The topological polar surface area (TPSA) is 63.0 Å². The van der Waals surface area contributed by atoms with Crippen LogP contribution in [-0.4, -0.2) is 19.1 Å². The maximum absolute atomic E-state index is 6.27. The lowest BCUT2D eigenvalue weighted by molar-refractivity contribution is 1.12. The van der Waals surface area contributed by atoms with Gasteiger partial charge >= 0.3 is 0 Å². The van der Waals surface area contributed by atoms with Gasteiger partial charge in [0.15, 0.2) is 0 Å². The van der Waals surface area contributed by atoms with Gasteiger partial charge in [0.2, 0.25) is 0 Å². The molecule has 1 heterocycles. The number of rotatable bonds is 4. The molecule has 0 aliphatic carbocycles. The van der Waals surface area contributed by atoms with Crippen molar-refractivity contribution >= 4 is 17.1 Å². The van der Waals surface area contributed by atoms with Crippen molar-refractivity contribution in [3.8, 4) is 0 Å². The number of benzene rings is 1. The summed E-state index contributed by atoms with van der Waals surface area (Å²) in [4.78, 5) is 4.02. The van der Waals surface area contributed by atoms with E-state index in [1.807, 2.05) is 78.2 Å². The molecule has 4 heteroatoms. The molecule has 126 valence electrons. The minimum atomic E-state index is 0.714. The largest absolute Gasteiger partial charge is 0.397 e. The van der Waals surface area contributed by atoms with E-state index in [0.29, 0.717) is 5.70 Å². The summed E-state index contributed by atoms with van der Waals surface area (Å²) < 4.78 is 0. The molecule has 0 atom stereocenters. The van der Waals surface area contributed by atoms with Gasteiger partial charge in [-0.15, -0.1) is 0 Å². The van der Waals surface area contributed by atoms with E-state index in [-0.39, 0.29) is 0 Å². The molecule has 0 spiro atoms. The Hall–Kier alpha value is -2.49. The molecule has 0 amide bonds. The fraction of sp³-hybridized carbons (Fsp3) is 0.316. The van der Waals surface area contributed by atoms with Gasteiger partial charge in [0.25, 0.3) is 0 Å². The van der Waals surface area contributed by atoms with Crippen LogP contribution in [-0.2, 0) is 0 Å².